The van der Waals surface area contributed by atoms with Crippen LogP contribution in [0.15, 0.2) is 5.38 Å². The van der Waals surface area contributed by atoms with E-state index in [4.69, 9.17) is 12.2 Å². The molecule has 0 fully saturated rings. The molecule has 0 spiro atoms. The summed E-state index contributed by atoms with van der Waals surface area (Å²) in [5.74, 6) is 0. The van der Waals surface area contributed by atoms with Crippen molar-refractivity contribution in [1.29, 1.82) is 0 Å². The molecule has 1 aromatic heterocycles. The minimum Gasteiger partial charge on any atom is -0.363 e. The van der Waals surface area contributed by atoms with Crippen LogP contribution in [0.25, 0.3) is 0 Å². The summed E-state index contributed by atoms with van der Waals surface area (Å²) in [6.45, 7) is 7.09. The van der Waals surface area contributed by atoms with Crippen LogP contribution in [-0.2, 0) is 0 Å². The number of nitrogens with one attached hydrogen (secondary N) is 2. The standard InChI is InChI=1S/C10H17N3S2/c1-4-5-11-10(14)13-8(3)9-12-7(2)6-15-9/h6,8H,4-5H2,1-3H3,(H2,11,13,14). The van der Waals surface area contributed by atoms with Crippen molar-refractivity contribution in [2.24, 2.45) is 0 Å². The van der Waals surface area contributed by atoms with Crippen molar-refractivity contribution in [2.75, 3.05) is 6.54 Å². The van der Waals surface area contributed by atoms with Crippen molar-refractivity contribution in [3.05, 3.63) is 16.1 Å². The monoisotopic (exact) mass is 243 g/mol. The highest BCUT2D eigenvalue weighted by molar-refractivity contribution is 7.80. The number of nitrogens with zero attached hydrogens (tertiary/aromatic N) is 1. The predicted molar refractivity (Wildman–Crippen MR) is 69.3 cm³/mol. The van der Waals surface area contributed by atoms with Gasteiger partial charge in [0, 0.05) is 17.6 Å². The van der Waals surface area contributed by atoms with Crippen LogP contribution < -0.4 is 10.6 Å². The van der Waals surface area contributed by atoms with Crippen LogP contribution in [0.5, 0.6) is 0 Å². The lowest BCUT2D eigenvalue weighted by atomic mass is 10.3. The lowest BCUT2D eigenvalue weighted by Crippen LogP contribution is -2.37. The molecular formula is C10H17N3S2. The van der Waals surface area contributed by atoms with Gasteiger partial charge in [0.2, 0.25) is 0 Å². The van der Waals surface area contributed by atoms with E-state index in [1.54, 1.807) is 11.3 Å². The number of hydrogen-bond donors (Lipinski definition) is 2. The van der Waals surface area contributed by atoms with Crippen molar-refractivity contribution in [1.82, 2.24) is 15.6 Å². The summed E-state index contributed by atoms with van der Waals surface area (Å²) in [4.78, 5) is 4.41. The van der Waals surface area contributed by atoms with Crippen LogP contribution in [0.4, 0.5) is 0 Å². The Morgan fingerprint density at radius 1 is 1.67 bits per heavy atom. The van der Waals surface area contributed by atoms with Crippen LogP contribution in [0.3, 0.4) is 0 Å². The third kappa shape index (κ3) is 4.13. The van der Waals surface area contributed by atoms with Gasteiger partial charge in [-0.25, -0.2) is 4.98 Å². The van der Waals surface area contributed by atoms with E-state index in [1.165, 1.54) is 0 Å². The average molecular weight is 243 g/mol. The fraction of sp³-hybridized carbons (Fsp3) is 0.600. The molecule has 0 aliphatic rings. The molecule has 0 saturated carbocycles. The predicted octanol–water partition coefficient (Wildman–Crippen LogP) is 2.39. The average Bonchev–Trinajstić information content (AvgIpc) is 2.61. The zero-order valence-electron chi connectivity index (χ0n) is 9.33. The van der Waals surface area contributed by atoms with Gasteiger partial charge in [-0.3, -0.25) is 0 Å². The van der Waals surface area contributed by atoms with Crippen molar-refractivity contribution in [2.45, 2.75) is 33.2 Å². The maximum Gasteiger partial charge on any atom is 0.166 e. The summed E-state index contributed by atoms with van der Waals surface area (Å²) in [5, 5.41) is 10.2. The molecule has 2 N–H and O–H groups in total. The minimum absolute atomic E-state index is 0.181. The van der Waals surface area contributed by atoms with E-state index in [2.05, 4.69) is 34.8 Å². The molecule has 0 aliphatic heterocycles. The van der Waals surface area contributed by atoms with Gasteiger partial charge in [0.1, 0.15) is 5.01 Å². The van der Waals surface area contributed by atoms with E-state index >= 15 is 0 Å². The van der Waals surface area contributed by atoms with Gasteiger partial charge in [-0.15, -0.1) is 11.3 Å². The van der Waals surface area contributed by atoms with Crippen LogP contribution >= 0.6 is 23.6 Å². The second-order valence-corrected chi connectivity index (χ2v) is 4.75. The fourth-order valence-electron chi connectivity index (χ4n) is 1.12. The summed E-state index contributed by atoms with van der Waals surface area (Å²) in [7, 11) is 0. The number of hydrogen-bond acceptors (Lipinski definition) is 3. The third-order valence-corrected chi connectivity index (χ3v) is 3.30. The second-order valence-electron chi connectivity index (χ2n) is 3.45. The molecule has 0 saturated heterocycles. The molecule has 1 rings (SSSR count). The lowest BCUT2D eigenvalue weighted by molar-refractivity contribution is 0.687. The molecule has 84 valence electrons. The molecular weight excluding hydrogens is 226 g/mol. The largest absolute Gasteiger partial charge is 0.363 e. The minimum atomic E-state index is 0.181. The fourth-order valence-corrected chi connectivity index (χ4v) is 2.20. The lowest BCUT2D eigenvalue weighted by Gasteiger charge is -2.14. The molecule has 0 bridgehead atoms. The number of rotatable bonds is 4. The second kappa shape index (κ2) is 6.02. The zero-order valence-corrected chi connectivity index (χ0v) is 11.0. The summed E-state index contributed by atoms with van der Waals surface area (Å²) in [6, 6.07) is 0.181. The number of aromatic nitrogens is 1. The van der Waals surface area contributed by atoms with Crippen molar-refractivity contribution < 1.29 is 0 Å². The summed E-state index contributed by atoms with van der Waals surface area (Å²) in [6.07, 6.45) is 1.08. The summed E-state index contributed by atoms with van der Waals surface area (Å²) < 4.78 is 0. The van der Waals surface area contributed by atoms with E-state index in [-0.39, 0.29) is 6.04 Å². The van der Waals surface area contributed by atoms with Gasteiger partial charge < -0.3 is 10.6 Å². The Hall–Kier alpha value is -0.680. The molecule has 3 nitrogen and oxygen atoms in total. The maximum atomic E-state index is 5.16. The van der Waals surface area contributed by atoms with E-state index in [1.807, 2.05) is 6.92 Å². The quantitative estimate of drug-likeness (QED) is 0.796. The molecule has 1 heterocycles. The Labute approximate surface area is 100 Å². The molecule has 0 radical (unpaired) electrons. The summed E-state index contributed by atoms with van der Waals surface area (Å²) >= 11 is 6.82. The Balaban J connectivity index is 2.41. The molecule has 0 amide bonds. The smallest absolute Gasteiger partial charge is 0.166 e. The van der Waals surface area contributed by atoms with E-state index < -0.39 is 0 Å². The topological polar surface area (TPSA) is 37.0 Å². The molecule has 1 unspecified atom stereocenters. The molecule has 15 heavy (non-hydrogen) atoms. The first-order chi connectivity index (χ1) is 7.13. The van der Waals surface area contributed by atoms with Crippen LogP contribution in [0, 0.1) is 6.92 Å². The first-order valence-electron chi connectivity index (χ1n) is 5.10. The highest BCUT2D eigenvalue weighted by atomic mass is 32.1. The molecule has 1 aromatic rings. The van der Waals surface area contributed by atoms with Gasteiger partial charge in [-0.1, -0.05) is 6.92 Å². The summed E-state index contributed by atoms with van der Waals surface area (Å²) in [5.41, 5.74) is 1.07. The highest BCUT2D eigenvalue weighted by Crippen LogP contribution is 2.16. The number of aryl methyl sites for hydroxylation is 1. The Kier molecular flexibility index (Phi) is 4.98. The normalized spacial score (nSPS) is 12.2. The number of thiazole rings is 1. The van der Waals surface area contributed by atoms with Gasteiger partial charge in [0.05, 0.1) is 6.04 Å². The van der Waals surface area contributed by atoms with Crippen molar-refractivity contribution >= 4 is 28.7 Å². The number of thiocarbonyl (C=S) groups is 1. The molecule has 0 aromatic carbocycles. The Bertz CT molecular complexity index is 322. The van der Waals surface area contributed by atoms with Crippen molar-refractivity contribution in [3.8, 4) is 0 Å². The zero-order chi connectivity index (χ0) is 11.3. The molecule has 0 aliphatic carbocycles. The first-order valence-corrected chi connectivity index (χ1v) is 6.38. The molecule has 1 atom stereocenters. The molecule has 5 heteroatoms. The SMILES string of the molecule is CCCNC(=S)NC(C)c1nc(C)cs1. The van der Waals surface area contributed by atoms with Gasteiger partial charge in [0.25, 0.3) is 0 Å². The van der Waals surface area contributed by atoms with Gasteiger partial charge in [-0.2, -0.15) is 0 Å². The van der Waals surface area contributed by atoms with E-state index in [0.717, 1.165) is 23.7 Å². The van der Waals surface area contributed by atoms with Crippen molar-refractivity contribution in [3.63, 3.8) is 0 Å². The first kappa shape index (κ1) is 12.4. The Morgan fingerprint density at radius 3 is 2.93 bits per heavy atom. The van der Waals surface area contributed by atoms with E-state index in [0.29, 0.717) is 5.11 Å². The third-order valence-electron chi connectivity index (χ3n) is 1.89. The van der Waals surface area contributed by atoms with Crippen LogP contribution in [-0.4, -0.2) is 16.6 Å². The van der Waals surface area contributed by atoms with Crippen LogP contribution in [0.2, 0.25) is 0 Å². The van der Waals surface area contributed by atoms with Gasteiger partial charge >= 0.3 is 0 Å². The Morgan fingerprint density at radius 2 is 2.40 bits per heavy atom. The maximum absolute atomic E-state index is 5.16. The van der Waals surface area contributed by atoms with Gasteiger partial charge in [0.15, 0.2) is 5.11 Å². The van der Waals surface area contributed by atoms with Gasteiger partial charge in [-0.05, 0) is 32.5 Å². The van der Waals surface area contributed by atoms with Crippen LogP contribution in [0.1, 0.15) is 37.0 Å². The van der Waals surface area contributed by atoms with E-state index in [9.17, 15) is 0 Å². The highest BCUT2D eigenvalue weighted by Gasteiger charge is 2.09.